The summed E-state index contributed by atoms with van der Waals surface area (Å²) in [6, 6.07) is 1.89. The first kappa shape index (κ1) is 17.8. The first-order valence-electron chi connectivity index (χ1n) is 9.00. The fraction of sp³-hybridized carbons (Fsp3) is 0.421. The first-order valence-corrected chi connectivity index (χ1v) is 9.81. The Kier molecular flexibility index (Phi) is 4.73. The van der Waals surface area contributed by atoms with Gasteiger partial charge in [0.05, 0.1) is 27.7 Å². The van der Waals surface area contributed by atoms with Gasteiger partial charge < -0.3 is 9.42 Å². The monoisotopic (exact) mass is 383 g/mol. The molecule has 0 saturated carbocycles. The SMILES string of the molecule is Cc1cc(-c2cncnc2[C@@H]2CCCN(C(=O)c3sc(C)nc3C)C2)on1. The normalized spacial score (nSPS) is 17.3. The van der Waals surface area contributed by atoms with E-state index in [0.717, 1.165) is 51.9 Å². The molecular weight excluding hydrogens is 362 g/mol. The number of carbonyl (C=O) groups excluding carboxylic acids is 1. The van der Waals surface area contributed by atoms with Crippen LogP contribution in [0.3, 0.4) is 0 Å². The van der Waals surface area contributed by atoms with E-state index in [4.69, 9.17) is 4.52 Å². The number of piperidine rings is 1. The number of rotatable bonds is 3. The van der Waals surface area contributed by atoms with Gasteiger partial charge in [-0.2, -0.15) is 0 Å². The number of nitrogens with zero attached hydrogens (tertiary/aromatic N) is 5. The second-order valence-corrected chi connectivity index (χ2v) is 8.10. The molecule has 4 heterocycles. The molecule has 0 spiro atoms. The number of aryl methyl sites for hydroxylation is 3. The quantitative estimate of drug-likeness (QED) is 0.688. The molecular formula is C19H21N5O2S. The predicted molar refractivity (Wildman–Crippen MR) is 102 cm³/mol. The highest BCUT2D eigenvalue weighted by Crippen LogP contribution is 2.33. The van der Waals surface area contributed by atoms with Crippen LogP contribution in [0.25, 0.3) is 11.3 Å². The highest BCUT2D eigenvalue weighted by Gasteiger charge is 2.30. The number of carbonyl (C=O) groups is 1. The van der Waals surface area contributed by atoms with Crippen LogP contribution >= 0.6 is 11.3 Å². The second-order valence-electron chi connectivity index (χ2n) is 6.89. The van der Waals surface area contributed by atoms with Crippen molar-refractivity contribution in [2.24, 2.45) is 0 Å². The molecule has 1 atom stereocenters. The molecule has 1 saturated heterocycles. The summed E-state index contributed by atoms with van der Waals surface area (Å²) < 4.78 is 5.43. The molecule has 0 N–H and O–H groups in total. The standard InChI is InChI=1S/C19H21N5O2S/c1-11-7-16(26-23-11)15-8-20-10-21-17(15)14-5-4-6-24(9-14)19(25)18-12(2)22-13(3)27-18/h7-8,10,14H,4-6,9H2,1-3H3/t14-/m1/s1. The van der Waals surface area contributed by atoms with Crippen molar-refractivity contribution >= 4 is 17.2 Å². The summed E-state index contributed by atoms with van der Waals surface area (Å²) in [6.07, 6.45) is 5.23. The topological polar surface area (TPSA) is 85.0 Å². The number of amides is 1. The zero-order valence-corrected chi connectivity index (χ0v) is 16.4. The molecule has 3 aromatic heterocycles. The minimum atomic E-state index is 0.0638. The van der Waals surface area contributed by atoms with E-state index >= 15 is 0 Å². The van der Waals surface area contributed by atoms with E-state index in [2.05, 4.69) is 20.1 Å². The van der Waals surface area contributed by atoms with Crippen molar-refractivity contribution in [2.75, 3.05) is 13.1 Å². The van der Waals surface area contributed by atoms with Crippen molar-refractivity contribution in [1.29, 1.82) is 0 Å². The number of thiazole rings is 1. The van der Waals surface area contributed by atoms with E-state index in [0.29, 0.717) is 12.3 Å². The molecule has 1 aliphatic rings. The lowest BCUT2D eigenvalue weighted by atomic mass is 9.91. The van der Waals surface area contributed by atoms with Gasteiger partial charge in [0.25, 0.3) is 5.91 Å². The van der Waals surface area contributed by atoms with Gasteiger partial charge in [0.15, 0.2) is 5.76 Å². The number of aromatic nitrogens is 4. The summed E-state index contributed by atoms with van der Waals surface area (Å²) in [5, 5.41) is 4.89. The molecule has 1 aliphatic heterocycles. The summed E-state index contributed by atoms with van der Waals surface area (Å²) in [6.45, 7) is 7.10. The van der Waals surface area contributed by atoms with Gasteiger partial charge in [0.1, 0.15) is 11.2 Å². The molecule has 140 valence electrons. The van der Waals surface area contributed by atoms with Crippen LogP contribution in [0.1, 0.15) is 50.5 Å². The molecule has 7 nitrogen and oxygen atoms in total. The largest absolute Gasteiger partial charge is 0.356 e. The molecule has 0 bridgehead atoms. The first-order chi connectivity index (χ1) is 13.0. The fourth-order valence-electron chi connectivity index (χ4n) is 3.60. The lowest BCUT2D eigenvalue weighted by Gasteiger charge is -2.32. The maximum atomic E-state index is 13.0. The fourth-order valence-corrected chi connectivity index (χ4v) is 4.49. The molecule has 4 rings (SSSR count). The Morgan fingerprint density at radius 1 is 1.33 bits per heavy atom. The maximum absolute atomic E-state index is 13.0. The minimum absolute atomic E-state index is 0.0638. The molecule has 1 amide bonds. The van der Waals surface area contributed by atoms with Crippen LogP contribution in [0.5, 0.6) is 0 Å². The van der Waals surface area contributed by atoms with E-state index in [1.165, 1.54) is 11.3 Å². The van der Waals surface area contributed by atoms with Gasteiger partial charge in [-0.25, -0.2) is 15.0 Å². The zero-order valence-electron chi connectivity index (χ0n) is 15.6. The average molecular weight is 383 g/mol. The van der Waals surface area contributed by atoms with Gasteiger partial charge >= 0.3 is 0 Å². The van der Waals surface area contributed by atoms with Crippen molar-refractivity contribution in [1.82, 2.24) is 25.0 Å². The summed E-state index contributed by atoms with van der Waals surface area (Å²) in [7, 11) is 0. The van der Waals surface area contributed by atoms with Gasteiger partial charge in [-0.15, -0.1) is 11.3 Å². The van der Waals surface area contributed by atoms with Crippen LogP contribution in [0, 0.1) is 20.8 Å². The zero-order chi connectivity index (χ0) is 19.0. The van der Waals surface area contributed by atoms with Crippen molar-refractivity contribution in [3.8, 4) is 11.3 Å². The highest BCUT2D eigenvalue weighted by molar-refractivity contribution is 7.13. The molecule has 0 unspecified atom stereocenters. The molecule has 1 fully saturated rings. The maximum Gasteiger partial charge on any atom is 0.265 e. The van der Waals surface area contributed by atoms with E-state index in [1.807, 2.05) is 31.7 Å². The summed E-state index contributed by atoms with van der Waals surface area (Å²) >= 11 is 1.46. The van der Waals surface area contributed by atoms with Crippen LogP contribution in [-0.4, -0.2) is 44.0 Å². The van der Waals surface area contributed by atoms with Crippen LogP contribution in [0.4, 0.5) is 0 Å². The Bertz CT molecular complexity index is 980. The Balaban J connectivity index is 1.61. The van der Waals surface area contributed by atoms with Gasteiger partial charge in [-0.3, -0.25) is 4.79 Å². The van der Waals surface area contributed by atoms with Crippen molar-refractivity contribution in [3.05, 3.63) is 45.6 Å². The molecule has 0 radical (unpaired) electrons. The smallest absolute Gasteiger partial charge is 0.265 e. The van der Waals surface area contributed by atoms with E-state index in [9.17, 15) is 4.79 Å². The van der Waals surface area contributed by atoms with Crippen LogP contribution in [0.15, 0.2) is 23.1 Å². The summed E-state index contributed by atoms with van der Waals surface area (Å²) in [5.74, 6) is 0.870. The Morgan fingerprint density at radius 2 is 2.19 bits per heavy atom. The lowest BCUT2D eigenvalue weighted by molar-refractivity contribution is 0.0710. The average Bonchev–Trinajstić information content (AvgIpc) is 3.26. The summed E-state index contributed by atoms with van der Waals surface area (Å²) in [4.78, 5) is 28.7. The van der Waals surface area contributed by atoms with Crippen LogP contribution in [-0.2, 0) is 0 Å². The molecule has 8 heteroatoms. The molecule has 0 aliphatic carbocycles. The minimum Gasteiger partial charge on any atom is -0.356 e. The van der Waals surface area contributed by atoms with E-state index < -0.39 is 0 Å². The third kappa shape index (κ3) is 3.49. The lowest BCUT2D eigenvalue weighted by Crippen LogP contribution is -2.39. The third-order valence-corrected chi connectivity index (χ3v) is 5.89. The Labute approximate surface area is 161 Å². The third-order valence-electron chi connectivity index (χ3n) is 4.83. The number of hydrogen-bond acceptors (Lipinski definition) is 7. The molecule has 3 aromatic rings. The van der Waals surface area contributed by atoms with Crippen molar-refractivity contribution < 1.29 is 9.32 Å². The number of likely N-dealkylation sites (tertiary alicyclic amines) is 1. The van der Waals surface area contributed by atoms with Gasteiger partial charge in [0.2, 0.25) is 0 Å². The Morgan fingerprint density at radius 3 is 2.89 bits per heavy atom. The highest BCUT2D eigenvalue weighted by atomic mass is 32.1. The van der Waals surface area contributed by atoms with E-state index in [-0.39, 0.29) is 11.8 Å². The van der Waals surface area contributed by atoms with E-state index in [1.54, 1.807) is 12.5 Å². The summed E-state index contributed by atoms with van der Waals surface area (Å²) in [5.41, 5.74) is 3.39. The van der Waals surface area contributed by atoms with Crippen molar-refractivity contribution in [2.45, 2.75) is 39.5 Å². The molecule has 27 heavy (non-hydrogen) atoms. The molecule has 0 aromatic carbocycles. The number of hydrogen-bond donors (Lipinski definition) is 0. The van der Waals surface area contributed by atoms with Crippen LogP contribution < -0.4 is 0 Å². The van der Waals surface area contributed by atoms with Gasteiger partial charge in [-0.05, 0) is 33.6 Å². The van der Waals surface area contributed by atoms with Gasteiger partial charge in [-0.1, -0.05) is 5.16 Å². The second kappa shape index (κ2) is 7.19. The van der Waals surface area contributed by atoms with Gasteiger partial charge in [0, 0.05) is 31.3 Å². The van der Waals surface area contributed by atoms with Crippen molar-refractivity contribution in [3.63, 3.8) is 0 Å². The Hall–Kier alpha value is -2.61. The van der Waals surface area contributed by atoms with Crippen LogP contribution in [0.2, 0.25) is 0 Å². The predicted octanol–water partition coefficient (Wildman–Crippen LogP) is 3.53.